The van der Waals surface area contributed by atoms with Gasteiger partial charge in [0, 0.05) is 26.2 Å². The van der Waals surface area contributed by atoms with E-state index in [1.807, 2.05) is 6.07 Å². The monoisotopic (exact) mass is 451 g/mol. The summed E-state index contributed by atoms with van der Waals surface area (Å²) in [5, 5.41) is 12.4. The van der Waals surface area contributed by atoms with Crippen LogP contribution in [0.4, 0.5) is 17.6 Å². The van der Waals surface area contributed by atoms with Crippen molar-refractivity contribution in [1.29, 1.82) is 5.26 Å². The van der Waals surface area contributed by atoms with Crippen LogP contribution in [0.3, 0.4) is 0 Å². The second kappa shape index (κ2) is 10.6. The summed E-state index contributed by atoms with van der Waals surface area (Å²) < 4.78 is 54.8. The maximum atomic E-state index is 13.7. The Morgan fingerprint density at radius 3 is 2.14 bits per heavy atom. The Morgan fingerprint density at radius 2 is 1.59 bits per heavy atom. The van der Waals surface area contributed by atoms with Crippen LogP contribution in [0, 0.1) is 17.1 Å². The largest absolute Gasteiger partial charge is 0.573 e. The van der Waals surface area contributed by atoms with Crippen molar-refractivity contribution in [2.45, 2.75) is 12.4 Å². The van der Waals surface area contributed by atoms with Gasteiger partial charge in [0.1, 0.15) is 17.6 Å². The molecule has 0 aliphatic carbocycles. The minimum Gasteiger partial charge on any atom is -0.406 e. The number of nitrogens with zero attached hydrogens (tertiary/aromatic N) is 2. The zero-order chi connectivity index (χ0) is 19.4. The summed E-state index contributed by atoms with van der Waals surface area (Å²) in [7, 11) is 0. The van der Waals surface area contributed by atoms with Gasteiger partial charge in [-0.15, -0.1) is 38.0 Å². The molecule has 2 aromatic rings. The van der Waals surface area contributed by atoms with E-state index in [9.17, 15) is 17.6 Å². The van der Waals surface area contributed by atoms with Gasteiger partial charge < -0.3 is 10.1 Å². The first-order chi connectivity index (χ1) is 12.9. The molecule has 3 rings (SSSR count). The summed E-state index contributed by atoms with van der Waals surface area (Å²) in [5.74, 6) is -0.906. The van der Waals surface area contributed by atoms with Gasteiger partial charge in [0.25, 0.3) is 0 Å². The number of alkyl halides is 3. The van der Waals surface area contributed by atoms with Gasteiger partial charge >= 0.3 is 6.36 Å². The third-order valence-electron chi connectivity index (χ3n) is 4.37. The molecule has 1 aliphatic rings. The highest BCUT2D eigenvalue weighted by Gasteiger charge is 2.31. The van der Waals surface area contributed by atoms with E-state index in [0.29, 0.717) is 18.7 Å². The molecule has 0 radical (unpaired) electrons. The van der Waals surface area contributed by atoms with Crippen molar-refractivity contribution in [1.82, 2.24) is 10.2 Å². The van der Waals surface area contributed by atoms with Crippen molar-refractivity contribution >= 4 is 24.8 Å². The maximum Gasteiger partial charge on any atom is 0.573 e. The lowest BCUT2D eigenvalue weighted by Gasteiger charge is -2.35. The van der Waals surface area contributed by atoms with Gasteiger partial charge in [-0.05, 0) is 35.4 Å². The lowest BCUT2D eigenvalue weighted by atomic mass is 9.95. The minimum atomic E-state index is -4.75. The van der Waals surface area contributed by atoms with Crippen LogP contribution in [0.1, 0.15) is 22.7 Å². The molecule has 1 aliphatic heterocycles. The highest BCUT2D eigenvalue weighted by atomic mass is 35.5. The first-order valence-electron chi connectivity index (χ1n) is 8.37. The van der Waals surface area contributed by atoms with Crippen LogP contribution in [-0.2, 0) is 0 Å². The molecule has 1 saturated heterocycles. The number of nitriles is 1. The summed E-state index contributed by atoms with van der Waals surface area (Å²) in [5.41, 5.74) is 1.38. The van der Waals surface area contributed by atoms with Crippen LogP contribution in [0.15, 0.2) is 42.5 Å². The number of hydrogen-bond donors (Lipinski definition) is 1. The quantitative estimate of drug-likeness (QED) is 0.698. The molecule has 0 bridgehead atoms. The molecule has 0 amide bonds. The summed E-state index contributed by atoms with van der Waals surface area (Å²) in [6.07, 6.45) is -4.75. The second-order valence-corrected chi connectivity index (χ2v) is 6.16. The van der Waals surface area contributed by atoms with Crippen LogP contribution in [-0.4, -0.2) is 37.4 Å². The molecule has 0 saturated carbocycles. The number of nitrogens with one attached hydrogen (secondary N) is 1. The molecule has 1 heterocycles. The Labute approximate surface area is 178 Å². The predicted octanol–water partition coefficient (Wildman–Crippen LogP) is 4.43. The Hall–Kier alpha value is -2.05. The zero-order valence-corrected chi connectivity index (χ0v) is 16.7. The first kappa shape index (κ1) is 25.0. The second-order valence-electron chi connectivity index (χ2n) is 6.16. The van der Waals surface area contributed by atoms with E-state index in [4.69, 9.17) is 5.26 Å². The molecule has 0 aromatic heterocycles. The van der Waals surface area contributed by atoms with Crippen molar-refractivity contribution in [3.63, 3.8) is 0 Å². The highest BCUT2D eigenvalue weighted by Crippen LogP contribution is 2.32. The van der Waals surface area contributed by atoms with Gasteiger partial charge in [-0.25, -0.2) is 4.39 Å². The lowest BCUT2D eigenvalue weighted by molar-refractivity contribution is -0.274. The minimum absolute atomic E-state index is 0. The van der Waals surface area contributed by atoms with Crippen LogP contribution in [0.2, 0.25) is 0 Å². The SMILES string of the molecule is Cl.Cl.N#Cc1cc([C@@H](c2ccc(OC(F)(F)F)cc2)N2CCNCC2)ccc1F. The predicted molar refractivity (Wildman–Crippen MR) is 105 cm³/mol. The van der Waals surface area contributed by atoms with Crippen LogP contribution >= 0.6 is 24.8 Å². The van der Waals surface area contributed by atoms with Gasteiger partial charge in [-0.3, -0.25) is 4.90 Å². The number of rotatable bonds is 4. The Morgan fingerprint density at radius 1 is 1.00 bits per heavy atom. The molecular formula is C19H19Cl2F4N3O. The molecule has 29 heavy (non-hydrogen) atoms. The van der Waals surface area contributed by atoms with Gasteiger partial charge in [0.15, 0.2) is 0 Å². The summed E-state index contributed by atoms with van der Waals surface area (Å²) in [4.78, 5) is 2.14. The van der Waals surface area contributed by atoms with Crippen LogP contribution in [0.25, 0.3) is 0 Å². The van der Waals surface area contributed by atoms with Crippen molar-refractivity contribution in [3.8, 4) is 11.8 Å². The van der Waals surface area contributed by atoms with E-state index in [1.165, 1.54) is 24.3 Å². The zero-order valence-electron chi connectivity index (χ0n) is 15.1. The number of halogens is 6. The molecule has 1 fully saturated rings. The fourth-order valence-electron chi connectivity index (χ4n) is 3.20. The van der Waals surface area contributed by atoms with Gasteiger partial charge in [-0.1, -0.05) is 18.2 Å². The van der Waals surface area contributed by atoms with Gasteiger partial charge in [0.2, 0.25) is 0 Å². The number of benzene rings is 2. The molecule has 0 spiro atoms. The van der Waals surface area contributed by atoms with E-state index in [0.717, 1.165) is 18.7 Å². The highest BCUT2D eigenvalue weighted by molar-refractivity contribution is 5.85. The van der Waals surface area contributed by atoms with E-state index < -0.39 is 12.2 Å². The summed E-state index contributed by atoms with van der Waals surface area (Å²) >= 11 is 0. The average molecular weight is 452 g/mol. The third kappa shape index (κ3) is 6.47. The topological polar surface area (TPSA) is 48.3 Å². The van der Waals surface area contributed by atoms with Crippen molar-refractivity contribution in [2.75, 3.05) is 26.2 Å². The molecule has 10 heteroatoms. The fraction of sp³-hybridized carbons (Fsp3) is 0.316. The average Bonchev–Trinajstić information content (AvgIpc) is 2.64. The smallest absolute Gasteiger partial charge is 0.406 e. The normalized spacial score (nSPS) is 15.4. The third-order valence-corrected chi connectivity index (χ3v) is 4.37. The Kier molecular flexibility index (Phi) is 9.17. The molecule has 2 aromatic carbocycles. The molecule has 4 nitrogen and oxygen atoms in total. The van der Waals surface area contributed by atoms with Crippen molar-refractivity contribution in [3.05, 3.63) is 65.0 Å². The van der Waals surface area contributed by atoms with Crippen molar-refractivity contribution < 1.29 is 22.3 Å². The molecule has 1 atom stereocenters. The molecule has 0 unspecified atom stereocenters. The van der Waals surface area contributed by atoms with Gasteiger partial charge in [-0.2, -0.15) is 5.26 Å². The number of piperazine rings is 1. The van der Waals surface area contributed by atoms with Crippen molar-refractivity contribution in [2.24, 2.45) is 0 Å². The summed E-state index contributed by atoms with van der Waals surface area (Å²) in [6.45, 7) is 2.95. The number of hydrogen-bond acceptors (Lipinski definition) is 4. The van der Waals surface area contributed by atoms with E-state index in [2.05, 4.69) is 15.0 Å². The molecule has 158 valence electrons. The van der Waals surface area contributed by atoms with Crippen LogP contribution < -0.4 is 10.1 Å². The Bertz CT molecular complexity index is 835. The van der Waals surface area contributed by atoms with E-state index in [1.54, 1.807) is 18.2 Å². The van der Waals surface area contributed by atoms with E-state index >= 15 is 0 Å². The summed E-state index contributed by atoms with van der Waals surface area (Å²) in [6, 6.07) is 11.5. The maximum absolute atomic E-state index is 13.7. The number of ether oxygens (including phenoxy) is 1. The fourth-order valence-corrected chi connectivity index (χ4v) is 3.20. The van der Waals surface area contributed by atoms with E-state index in [-0.39, 0.29) is 42.2 Å². The first-order valence-corrected chi connectivity index (χ1v) is 8.37. The van der Waals surface area contributed by atoms with Crippen LogP contribution in [0.5, 0.6) is 5.75 Å². The Balaban J connectivity index is 0.00000210. The van der Waals surface area contributed by atoms with Gasteiger partial charge in [0.05, 0.1) is 11.6 Å². The molecule has 1 N–H and O–H groups in total. The molecular weight excluding hydrogens is 433 g/mol. The lowest BCUT2D eigenvalue weighted by Crippen LogP contribution is -2.45. The standard InChI is InChI=1S/C19H17F4N3O.2ClH/c20-17-6-3-14(11-15(17)12-24)18(26-9-7-25-8-10-26)13-1-4-16(5-2-13)27-19(21,22)23;;/h1-6,11,18,25H,7-10H2;2*1H/t18-;;/m1../s1.